The van der Waals surface area contributed by atoms with Crippen molar-refractivity contribution < 1.29 is 0 Å². The smallest absolute Gasteiger partial charge is 0.151 e. The fourth-order valence-corrected chi connectivity index (χ4v) is 33.1. The van der Waals surface area contributed by atoms with Crippen LogP contribution in [0.2, 0.25) is 15.1 Å². The van der Waals surface area contributed by atoms with E-state index in [-0.39, 0.29) is 15.1 Å². The van der Waals surface area contributed by atoms with E-state index in [1.165, 1.54) is 0 Å². The van der Waals surface area contributed by atoms with Gasteiger partial charge in [-0.05, 0) is 15.1 Å². The zero-order valence-corrected chi connectivity index (χ0v) is 15.8. The topological polar surface area (TPSA) is 0 Å². The highest BCUT2D eigenvalue weighted by Gasteiger charge is 2.64. The van der Waals surface area contributed by atoms with Gasteiger partial charge in [-0.1, -0.05) is 62.3 Å². The molecular formula is C12H27Cl2Si2. The Bertz CT molecular complexity index is 205. The predicted octanol–water partition coefficient (Wildman–Crippen LogP) is 5.88. The van der Waals surface area contributed by atoms with Crippen LogP contribution in [0.1, 0.15) is 62.3 Å². The summed E-state index contributed by atoms with van der Waals surface area (Å²) in [6, 6.07) is 0. The average molecular weight is 298 g/mol. The van der Waals surface area contributed by atoms with E-state index in [0.29, 0.717) is 0 Å². The Morgan fingerprint density at radius 1 is 0.625 bits per heavy atom. The number of hydrogen-bond donors (Lipinski definition) is 0. The molecule has 0 nitrogen and oxygen atoms in total. The van der Waals surface area contributed by atoms with E-state index in [0.717, 1.165) is 0 Å². The van der Waals surface area contributed by atoms with Crippen molar-refractivity contribution >= 4 is 36.7 Å². The van der Waals surface area contributed by atoms with Gasteiger partial charge in [0.05, 0.1) is 7.59 Å². The lowest BCUT2D eigenvalue weighted by Crippen LogP contribution is -2.65. The summed E-state index contributed by atoms with van der Waals surface area (Å²) in [7, 11) is -1.84. The molecule has 97 valence electrons. The van der Waals surface area contributed by atoms with Crippen molar-refractivity contribution in [2.45, 2.75) is 77.4 Å². The molecule has 0 fully saturated rings. The normalized spacial score (nSPS) is 15.8. The molecule has 0 aromatic heterocycles. The van der Waals surface area contributed by atoms with Crippen molar-refractivity contribution in [2.24, 2.45) is 0 Å². The Morgan fingerprint density at radius 2 is 0.812 bits per heavy atom. The lowest BCUT2D eigenvalue weighted by molar-refractivity contribution is 0.555. The molecule has 0 bridgehead atoms. The van der Waals surface area contributed by atoms with Crippen LogP contribution in [0.3, 0.4) is 0 Å². The zero-order valence-electron chi connectivity index (χ0n) is 12.3. The fourth-order valence-electron chi connectivity index (χ4n) is 4.23. The van der Waals surface area contributed by atoms with E-state index >= 15 is 0 Å². The molecule has 0 aliphatic rings. The molecule has 0 saturated heterocycles. The van der Waals surface area contributed by atoms with Gasteiger partial charge in [0.2, 0.25) is 0 Å². The van der Waals surface area contributed by atoms with Gasteiger partial charge in [-0.3, -0.25) is 0 Å². The van der Waals surface area contributed by atoms with Gasteiger partial charge in [-0.2, -0.15) is 22.2 Å². The minimum absolute atomic E-state index is 0.224. The van der Waals surface area contributed by atoms with Crippen LogP contribution in [0, 0.1) is 0 Å². The maximum Gasteiger partial charge on any atom is 0.260 e. The average Bonchev–Trinajstić information content (AvgIpc) is 1.71. The lowest BCUT2D eigenvalue weighted by Gasteiger charge is -2.59. The van der Waals surface area contributed by atoms with Gasteiger partial charge >= 0.3 is 0 Å². The largest absolute Gasteiger partial charge is 0.260 e. The van der Waals surface area contributed by atoms with E-state index in [1.54, 1.807) is 0 Å². The van der Waals surface area contributed by atoms with Crippen LogP contribution in [0.25, 0.3) is 0 Å². The van der Waals surface area contributed by atoms with Gasteiger partial charge in [0.25, 0.3) is 6.93 Å². The van der Waals surface area contributed by atoms with Crippen molar-refractivity contribution in [3.05, 3.63) is 0 Å². The summed E-state index contributed by atoms with van der Waals surface area (Å²) in [4.78, 5) is 0. The minimum atomic E-state index is -1.84. The Labute approximate surface area is 114 Å². The molecule has 16 heavy (non-hydrogen) atoms. The predicted molar refractivity (Wildman–Crippen MR) is 82.4 cm³/mol. The molecule has 0 heterocycles. The van der Waals surface area contributed by atoms with Crippen LogP contribution >= 0.6 is 22.2 Å². The van der Waals surface area contributed by atoms with Gasteiger partial charge in [0.15, 0.2) is 0 Å². The first-order chi connectivity index (χ1) is 6.69. The van der Waals surface area contributed by atoms with E-state index in [2.05, 4.69) is 62.3 Å². The van der Waals surface area contributed by atoms with E-state index < -0.39 is 14.5 Å². The molecule has 0 saturated carbocycles. The van der Waals surface area contributed by atoms with Crippen LogP contribution in [-0.2, 0) is 0 Å². The highest BCUT2D eigenvalue weighted by atomic mass is 35.7. The lowest BCUT2D eigenvalue weighted by atomic mass is 10.2. The third-order valence-corrected chi connectivity index (χ3v) is 24.5. The van der Waals surface area contributed by atoms with Crippen molar-refractivity contribution in [3.63, 3.8) is 0 Å². The second-order valence-electron chi connectivity index (χ2n) is 7.76. The molecule has 4 heteroatoms. The molecular weight excluding hydrogens is 271 g/mol. The summed E-state index contributed by atoms with van der Waals surface area (Å²) in [5, 5.41) is 0.671. The first-order valence-electron chi connectivity index (χ1n) is 5.88. The van der Waals surface area contributed by atoms with Gasteiger partial charge < -0.3 is 0 Å². The standard InChI is InChI=1S/C12H27Cl2Si2/c1-10(2,3)16(15(13)14,11(4,5)6)12(7,8)9/h1-9H3. The number of rotatable bonds is 1. The molecule has 0 aliphatic carbocycles. The van der Waals surface area contributed by atoms with Gasteiger partial charge in [0.1, 0.15) is 0 Å². The van der Waals surface area contributed by atoms with Crippen molar-refractivity contribution in [1.82, 2.24) is 0 Å². The number of halogens is 2. The van der Waals surface area contributed by atoms with Crippen molar-refractivity contribution in [3.8, 4) is 0 Å². The summed E-state index contributed by atoms with van der Waals surface area (Å²) < 4.78 is 0. The van der Waals surface area contributed by atoms with Gasteiger partial charge in [0, 0.05) is 0 Å². The zero-order chi connectivity index (χ0) is 13.6. The molecule has 0 aliphatic heterocycles. The fraction of sp³-hybridized carbons (Fsp3) is 1.00. The van der Waals surface area contributed by atoms with E-state index in [1.807, 2.05) is 0 Å². The summed E-state index contributed by atoms with van der Waals surface area (Å²) >= 11 is 13.2. The molecule has 0 aromatic rings. The second kappa shape index (κ2) is 4.60. The summed E-state index contributed by atoms with van der Waals surface area (Å²) in [6.45, 7) is 19.6. The monoisotopic (exact) mass is 297 g/mol. The van der Waals surface area contributed by atoms with Crippen molar-refractivity contribution in [2.75, 3.05) is 0 Å². The van der Waals surface area contributed by atoms with Gasteiger partial charge in [-0.25, -0.2) is 0 Å². The van der Waals surface area contributed by atoms with E-state index in [4.69, 9.17) is 22.2 Å². The van der Waals surface area contributed by atoms with Crippen LogP contribution in [-0.4, -0.2) is 14.5 Å². The SMILES string of the molecule is CC(C)(C)[Si]([Si](Cl)Cl)(C(C)(C)C)C(C)(C)C. The van der Waals surface area contributed by atoms with Gasteiger partial charge in [-0.15, -0.1) is 0 Å². The Morgan fingerprint density at radius 3 is 0.812 bits per heavy atom. The first kappa shape index (κ1) is 17.0. The molecule has 0 amide bonds. The molecule has 0 unspecified atom stereocenters. The second-order valence-corrected chi connectivity index (χ2v) is 22.8. The highest BCUT2D eigenvalue weighted by Crippen LogP contribution is 2.63. The van der Waals surface area contributed by atoms with Crippen LogP contribution in [0.4, 0.5) is 0 Å². The first-order valence-corrected chi connectivity index (χ1v) is 12.4. The molecule has 0 rings (SSSR count). The van der Waals surface area contributed by atoms with Crippen LogP contribution < -0.4 is 0 Å². The Kier molecular flexibility index (Phi) is 4.89. The summed E-state index contributed by atoms with van der Waals surface area (Å²) in [5.74, 6) is 0. The molecule has 1 radical (unpaired) electrons. The molecule has 0 N–H and O–H groups in total. The molecule has 0 spiro atoms. The summed E-state index contributed by atoms with van der Waals surface area (Å²) in [6.07, 6.45) is 0. The summed E-state index contributed by atoms with van der Waals surface area (Å²) in [5.41, 5.74) is 0. The Hall–Kier alpha value is 1.01. The molecule has 0 atom stereocenters. The maximum absolute atomic E-state index is 6.58. The third kappa shape index (κ3) is 2.55. The minimum Gasteiger partial charge on any atom is -0.151 e. The third-order valence-electron chi connectivity index (χ3n) is 3.66. The van der Waals surface area contributed by atoms with Crippen LogP contribution in [0.5, 0.6) is 0 Å². The van der Waals surface area contributed by atoms with Crippen molar-refractivity contribution in [1.29, 1.82) is 0 Å². The highest BCUT2D eigenvalue weighted by molar-refractivity contribution is 7.67. The number of hydrogen-bond acceptors (Lipinski definition) is 0. The quantitative estimate of drug-likeness (QED) is 0.419. The Balaban J connectivity index is 6.05. The maximum atomic E-state index is 6.58. The molecule has 0 aromatic carbocycles. The van der Waals surface area contributed by atoms with Crippen LogP contribution in [0.15, 0.2) is 0 Å². The van der Waals surface area contributed by atoms with E-state index in [9.17, 15) is 0 Å².